The Balaban J connectivity index is 2.68. The topological polar surface area (TPSA) is 73.6 Å². The number of hydrogen-bond donors (Lipinski definition) is 2. The molecule has 0 saturated carbocycles. The second-order valence-corrected chi connectivity index (χ2v) is 4.69. The zero-order chi connectivity index (χ0) is 14.4. The van der Waals surface area contributed by atoms with E-state index in [0.29, 0.717) is 18.7 Å². The first-order valence-electron chi connectivity index (χ1n) is 5.54. The monoisotopic (exact) mass is 306 g/mol. The van der Waals surface area contributed by atoms with Gasteiger partial charge in [-0.15, -0.1) is 0 Å². The molecule has 0 saturated heterocycles. The molecule has 7 heteroatoms. The Morgan fingerprint density at radius 3 is 2.42 bits per heavy atom. The lowest BCUT2D eigenvalue weighted by Gasteiger charge is -2.15. The lowest BCUT2D eigenvalue weighted by Crippen LogP contribution is -2.35. The summed E-state index contributed by atoms with van der Waals surface area (Å²) in [4.78, 5) is 11.9. The van der Waals surface area contributed by atoms with Gasteiger partial charge in [-0.2, -0.15) is 0 Å². The smallest absolute Gasteiger partial charge is 0.251 e. The zero-order valence-electron chi connectivity index (χ0n) is 10.7. The summed E-state index contributed by atoms with van der Waals surface area (Å²) in [6.07, 6.45) is -0.214. The number of benzene rings is 1. The first kappa shape index (κ1) is 16.0. The largest absolute Gasteiger partial charge is 0.396 e. The highest BCUT2D eigenvalue weighted by Crippen LogP contribution is 2.28. The summed E-state index contributed by atoms with van der Waals surface area (Å²) in [6, 6.07) is 2.94. The van der Waals surface area contributed by atoms with Crippen molar-refractivity contribution >= 4 is 34.8 Å². The summed E-state index contributed by atoms with van der Waals surface area (Å²) in [5, 5.41) is 3.20. The van der Waals surface area contributed by atoms with Crippen molar-refractivity contribution in [2.24, 2.45) is 0 Å². The molecule has 1 amide bonds. The van der Waals surface area contributed by atoms with Crippen LogP contribution in [0.3, 0.4) is 0 Å². The highest BCUT2D eigenvalue weighted by molar-refractivity contribution is 6.39. The predicted molar refractivity (Wildman–Crippen MR) is 75.9 cm³/mol. The molecule has 5 nitrogen and oxygen atoms in total. The normalized spacial score (nSPS) is 12.2. The minimum absolute atomic E-state index is 0.214. The van der Waals surface area contributed by atoms with Crippen LogP contribution in [-0.4, -0.2) is 39.4 Å². The van der Waals surface area contributed by atoms with Gasteiger partial charge in [-0.05, 0) is 12.1 Å². The molecule has 1 unspecified atom stereocenters. The third-order valence-electron chi connectivity index (χ3n) is 2.52. The number of amides is 1. The van der Waals surface area contributed by atoms with Crippen LogP contribution >= 0.6 is 23.2 Å². The van der Waals surface area contributed by atoms with Gasteiger partial charge in [0.1, 0.15) is 0 Å². The molecular weight excluding hydrogens is 291 g/mol. The molecule has 0 aliphatic heterocycles. The Hall–Kier alpha value is -1.01. The van der Waals surface area contributed by atoms with E-state index in [1.54, 1.807) is 14.2 Å². The molecule has 1 atom stereocenters. The Kier molecular flexibility index (Phi) is 6.37. The summed E-state index contributed by atoms with van der Waals surface area (Å²) >= 11 is 11.7. The number of methoxy groups -OCH3 is 2. The van der Waals surface area contributed by atoms with E-state index in [9.17, 15) is 4.79 Å². The average molecular weight is 307 g/mol. The van der Waals surface area contributed by atoms with Crippen LogP contribution in [0.5, 0.6) is 0 Å². The molecular formula is C12H16Cl2N2O3. The first-order valence-corrected chi connectivity index (χ1v) is 6.29. The van der Waals surface area contributed by atoms with Crippen LogP contribution in [0.4, 0.5) is 5.69 Å². The second-order valence-electron chi connectivity index (χ2n) is 3.88. The van der Waals surface area contributed by atoms with Crippen LogP contribution in [0, 0.1) is 0 Å². The van der Waals surface area contributed by atoms with Crippen LogP contribution in [0.1, 0.15) is 10.4 Å². The summed E-state index contributed by atoms with van der Waals surface area (Å²) in [6.45, 7) is 0.711. The van der Waals surface area contributed by atoms with Gasteiger partial charge in [0.25, 0.3) is 5.91 Å². The van der Waals surface area contributed by atoms with Crippen molar-refractivity contribution in [3.05, 3.63) is 27.7 Å². The molecule has 1 rings (SSSR count). The molecule has 0 fully saturated rings. The van der Waals surface area contributed by atoms with Crippen LogP contribution in [0.15, 0.2) is 12.1 Å². The van der Waals surface area contributed by atoms with Crippen LogP contribution in [0.2, 0.25) is 10.0 Å². The fourth-order valence-electron chi connectivity index (χ4n) is 1.42. The van der Waals surface area contributed by atoms with Crippen molar-refractivity contribution in [1.82, 2.24) is 5.32 Å². The molecule has 0 spiro atoms. The summed E-state index contributed by atoms with van der Waals surface area (Å²) in [5.74, 6) is -0.304. The third-order valence-corrected chi connectivity index (χ3v) is 3.14. The first-order chi connectivity index (χ1) is 8.99. The number of anilines is 1. The van der Waals surface area contributed by atoms with E-state index in [0.717, 1.165) is 0 Å². The fourth-order valence-corrected chi connectivity index (χ4v) is 1.91. The van der Waals surface area contributed by atoms with Gasteiger partial charge in [0.15, 0.2) is 0 Å². The quantitative estimate of drug-likeness (QED) is 0.788. The SMILES string of the molecule is COCC(CNC(=O)c1cc(Cl)c(N)c(Cl)c1)OC. The van der Waals surface area contributed by atoms with Gasteiger partial charge >= 0.3 is 0 Å². The van der Waals surface area contributed by atoms with Crippen molar-refractivity contribution in [2.45, 2.75) is 6.10 Å². The Morgan fingerprint density at radius 1 is 1.37 bits per heavy atom. The van der Waals surface area contributed by atoms with Gasteiger partial charge in [-0.1, -0.05) is 23.2 Å². The van der Waals surface area contributed by atoms with E-state index in [4.69, 9.17) is 38.4 Å². The number of nitrogen functional groups attached to an aromatic ring is 1. The highest BCUT2D eigenvalue weighted by Gasteiger charge is 2.13. The van der Waals surface area contributed by atoms with Gasteiger partial charge in [0.05, 0.1) is 28.4 Å². The van der Waals surface area contributed by atoms with E-state index >= 15 is 0 Å². The third kappa shape index (κ3) is 4.54. The molecule has 0 bridgehead atoms. The Morgan fingerprint density at radius 2 is 1.95 bits per heavy atom. The number of ether oxygens (including phenoxy) is 2. The molecule has 1 aromatic rings. The van der Waals surface area contributed by atoms with Crippen molar-refractivity contribution < 1.29 is 14.3 Å². The van der Waals surface area contributed by atoms with Gasteiger partial charge in [0, 0.05) is 26.3 Å². The zero-order valence-corrected chi connectivity index (χ0v) is 12.2. The molecule has 106 valence electrons. The number of rotatable bonds is 6. The molecule has 0 aliphatic rings. The number of carbonyl (C=O) groups is 1. The van der Waals surface area contributed by atoms with Crippen molar-refractivity contribution in [2.75, 3.05) is 33.1 Å². The van der Waals surface area contributed by atoms with Crippen LogP contribution in [0.25, 0.3) is 0 Å². The number of carbonyl (C=O) groups excluding carboxylic acids is 1. The minimum atomic E-state index is -0.304. The van der Waals surface area contributed by atoms with Gasteiger partial charge < -0.3 is 20.5 Å². The highest BCUT2D eigenvalue weighted by atomic mass is 35.5. The maximum Gasteiger partial charge on any atom is 0.251 e. The minimum Gasteiger partial charge on any atom is -0.396 e. The summed E-state index contributed by atoms with van der Waals surface area (Å²) < 4.78 is 10.1. The average Bonchev–Trinajstić information content (AvgIpc) is 2.39. The van der Waals surface area contributed by atoms with E-state index in [2.05, 4.69) is 5.32 Å². The van der Waals surface area contributed by atoms with E-state index < -0.39 is 0 Å². The lowest BCUT2D eigenvalue weighted by molar-refractivity contribution is 0.0285. The molecule has 3 N–H and O–H groups in total. The molecule has 0 aromatic heterocycles. The Labute approximate surface area is 122 Å². The van der Waals surface area contributed by atoms with Crippen LogP contribution < -0.4 is 11.1 Å². The number of nitrogens with one attached hydrogen (secondary N) is 1. The summed E-state index contributed by atoms with van der Waals surface area (Å²) in [5.41, 5.74) is 6.20. The standard InChI is InChI=1S/C12H16Cl2N2O3/c1-18-6-8(19-2)5-16-12(17)7-3-9(13)11(15)10(14)4-7/h3-4,8H,5-6,15H2,1-2H3,(H,16,17). The van der Waals surface area contributed by atoms with Crippen molar-refractivity contribution in [1.29, 1.82) is 0 Å². The number of nitrogens with two attached hydrogens (primary N) is 1. The van der Waals surface area contributed by atoms with E-state index in [1.807, 2.05) is 0 Å². The van der Waals surface area contributed by atoms with Crippen LogP contribution in [-0.2, 0) is 9.47 Å². The maximum absolute atomic E-state index is 11.9. The molecule has 0 aliphatic carbocycles. The van der Waals surface area contributed by atoms with Gasteiger partial charge in [0.2, 0.25) is 0 Å². The fraction of sp³-hybridized carbons (Fsp3) is 0.417. The number of halogens is 2. The van der Waals surface area contributed by atoms with E-state index in [-0.39, 0.29) is 27.7 Å². The predicted octanol–water partition coefficient (Wildman–Crippen LogP) is 1.97. The molecule has 0 heterocycles. The maximum atomic E-state index is 11.9. The van der Waals surface area contributed by atoms with E-state index in [1.165, 1.54) is 12.1 Å². The Bertz CT molecular complexity index is 432. The molecule has 19 heavy (non-hydrogen) atoms. The van der Waals surface area contributed by atoms with Crippen molar-refractivity contribution in [3.63, 3.8) is 0 Å². The molecule has 0 radical (unpaired) electrons. The second kappa shape index (κ2) is 7.55. The lowest BCUT2D eigenvalue weighted by atomic mass is 10.2. The molecule has 1 aromatic carbocycles. The van der Waals surface area contributed by atoms with Gasteiger partial charge in [-0.3, -0.25) is 4.79 Å². The number of hydrogen-bond acceptors (Lipinski definition) is 4. The van der Waals surface area contributed by atoms with Crippen molar-refractivity contribution in [3.8, 4) is 0 Å². The van der Waals surface area contributed by atoms with Gasteiger partial charge in [-0.25, -0.2) is 0 Å². The summed E-state index contributed by atoms with van der Waals surface area (Å²) in [7, 11) is 3.11.